The van der Waals surface area contributed by atoms with E-state index in [-0.39, 0.29) is 0 Å². The van der Waals surface area contributed by atoms with E-state index in [9.17, 15) is 0 Å². The molecule has 0 amide bonds. The van der Waals surface area contributed by atoms with Gasteiger partial charge in [-0.3, -0.25) is 4.98 Å². The number of anilines is 1. The molecule has 0 N–H and O–H groups in total. The van der Waals surface area contributed by atoms with E-state index >= 15 is 0 Å². The van der Waals surface area contributed by atoms with Crippen molar-refractivity contribution in [3.05, 3.63) is 23.5 Å². The van der Waals surface area contributed by atoms with Gasteiger partial charge in [-0.1, -0.05) is 0 Å². The third-order valence-electron chi connectivity index (χ3n) is 2.35. The van der Waals surface area contributed by atoms with Gasteiger partial charge in [0.15, 0.2) is 0 Å². The molecule has 0 aliphatic carbocycles. The van der Waals surface area contributed by atoms with E-state index in [2.05, 4.69) is 29.9 Å². The molecule has 1 aromatic rings. The molecule has 0 unspecified atom stereocenters. The Morgan fingerprint density at radius 3 is 3.09 bits per heavy atom. The SMILES string of the molecule is Cc1nccc2c1CCN2C. The molecule has 0 saturated heterocycles. The van der Waals surface area contributed by atoms with E-state index in [1.54, 1.807) is 0 Å². The smallest absolute Gasteiger partial charge is 0.0430 e. The van der Waals surface area contributed by atoms with Crippen LogP contribution in [0.4, 0.5) is 5.69 Å². The Hall–Kier alpha value is -1.05. The van der Waals surface area contributed by atoms with Crippen molar-refractivity contribution in [2.24, 2.45) is 0 Å². The highest BCUT2D eigenvalue weighted by Gasteiger charge is 2.16. The Balaban J connectivity index is 2.57. The summed E-state index contributed by atoms with van der Waals surface area (Å²) in [5.41, 5.74) is 3.97. The number of aromatic nitrogens is 1. The fraction of sp³-hybridized carbons (Fsp3) is 0.444. The summed E-state index contributed by atoms with van der Waals surface area (Å²) in [7, 11) is 2.13. The van der Waals surface area contributed by atoms with E-state index in [1.165, 1.54) is 16.9 Å². The van der Waals surface area contributed by atoms with Gasteiger partial charge in [-0.2, -0.15) is 0 Å². The van der Waals surface area contributed by atoms with E-state index in [0.29, 0.717) is 0 Å². The third-order valence-corrected chi connectivity index (χ3v) is 2.35. The number of likely N-dealkylation sites (N-methyl/N-ethyl adjacent to an activating group) is 1. The second-order valence-corrected chi connectivity index (χ2v) is 3.07. The fourth-order valence-corrected chi connectivity index (χ4v) is 1.65. The predicted molar refractivity (Wildman–Crippen MR) is 45.9 cm³/mol. The van der Waals surface area contributed by atoms with Crippen LogP contribution in [-0.2, 0) is 6.42 Å². The minimum absolute atomic E-state index is 1.14. The first-order valence-electron chi connectivity index (χ1n) is 3.94. The molecule has 0 aromatic carbocycles. The molecule has 0 bridgehead atoms. The summed E-state index contributed by atoms with van der Waals surface area (Å²) < 4.78 is 0. The highest BCUT2D eigenvalue weighted by atomic mass is 15.1. The van der Waals surface area contributed by atoms with Crippen LogP contribution in [0, 0.1) is 6.92 Å². The van der Waals surface area contributed by atoms with Gasteiger partial charge >= 0.3 is 0 Å². The molecule has 2 rings (SSSR count). The monoisotopic (exact) mass is 148 g/mol. The average molecular weight is 148 g/mol. The number of aryl methyl sites for hydroxylation is 1. The quantitative estimate of drug-likeness (QED) is 0.552. The van der Waals surface area contributed by atoms with Gasteiger partial charge in [0.05, 0.1) is 0 Å². The van der Waals surface area contributed by atoms with Crippen molar-refractivity contribution in [2.45, 2.75) is 13.3 Å². The lowest BCUT2D eigenvalue weighted by molar-refractivity contribution is 0.951. The van der Waals surface area contributed by atoms with Crippen molar-refractivity contribution >= 4 is 5.69 Å². The predicted octanol–water partition coefficient (Wildman–Crippen LogP) is 1.38. The average Bonchev–Trinajstić information content (AvgIpc) is 2.35. The van der Waals surface area contributed by atoms with Crippen molar-refractivity contribution in [3.8, 4) is 0 Å². The normalized spacial score (nSPS) is 15.3. The van der Waals surface area contributed by atoms with Gasteiger partial charge in [0, 0.05) is 31.2 Å². The molecule has 1 aromatic heterocycles. The highest BCUT2D eigenvalue weighted by molar-refractivity contribution is 5.58. The molecular weight excluding hydrogens is 136 g/mol. The number of rotatable bonds is 0. The largest absolute Gasteiger partial charge is 0.374 e. The van der Waals surface area contributed by atoms with E-state index in [1.807, 2.05) is 6.20 Å². The number of fused-ring (bicyclic) bond motifs is 1. The molecule has 1 aliphatic rings. The summed E-state index contributed by atoms with van der Waals surface area (Å²) in [5, 5.41) is 0. The zero-order chi connectivity index (χ0) is 7.84. The van der Waals surface area contributed by atoms with Gasteiger partial charge in [-0.25, -0.2) is 0 Å². The fourth-order valence-electron chi connectivity index (χ4n) is 1.65. The number of nitrogens with zero attached hydrogens (tertiary/aromatic N) is 2. The minimum Gasteiger partial charge on any atom is -0.374 e. The third kappa shape index (κ3) is 0.897. The summed E-state index contributed by atoms with van der Waals surface area (Å²) in [4.78, 5) is 6.54. The maximum Gasteiger partial charge on any atom is 0.0430 e. The van der Waals surface area contributed by atoms with E-state index in [0.717, 1.165) is 13.0 Å². The van der Waals surface area contributed by atoms with Crippen molar-refractivity contribution in [1.82, 2.24) is 4.98 Å². The van der Waals surface area contributed by atoms with Gasteiger partial charge in [0.25, 0.3) is 0 Å². The molecule has 58 valence electrons. The molecule has 11 heavy (non-hydrogen) atoms. The maximum atomic E-state index is 4.26. The van der Waals surface area contributed by atoms with Gasteiger partial charge in [0.2, 0.25) is 0 Å². The molecular formula is C9H12N2. The molecule has 2 heterocycles. The zero-order valence-electron chi connectivity index (χ0n) is 6.96. The lowest BCUT2D eigenvalue weighted by Crippen LogP contribution is -2.12. The Morgan fingerprint density at radius 1 is 1.55 bits per heavy atom. The molecule has 0 saturated carbocycles. The van der Waals surface area contributed by atoms with E-state index in [4.69, 9.17) is 0 Å². The lowest BCUT2D eigenvalue weighted by atomic mass is 10.1. The summed E-state index contributed by atoms with van der Waals surface area (Å²) in [6.45, 7) is 3.22. The van der Waals surface area contributed by atoms with Crippen LogP contribution in [-0.4, -0.2) is 18.6 Å². The highest BCUT2D eigenvalue weighted by Crippen LogP contribution is 2.27. The first-order chi connectivity index (χ1) is 5.29. The first kappa shape index (κ1) is 6.65. The second-order valence-electron chi connectivity index (χ2n) is 3.07. The van der Waals surface area contributed by atoms with Gasteiger partial charge in [-0.05, 0) is 25.0 Å². The summed E-state index contributed by atoms with van der Waals surface area (Å²) >= 11 is 0. The Morgan fingerprint density at radius 2 is 2.36 bits per heavy atom. The van der Waals surface area contributed by atoms with E-state index < -0.39 is 0 Å². The Bertz CT molecular complexity index is 281. The first-order valence-corrected chi connectivity index (χ1v) is 3.94. The van der Waals surface area contributed by atoms with Crippen molar-refractivity contribution < 1.29 is 0 Å². The van der Waals surface area contributed by atoms with Gasteiger partial charge < -0.3 is 4.90 Å². The maximum absolute atomic E-state index is 4.26. The van der Waals surface area contributed by atoms with Crippen LogP contribution in [0.5, 0.6) is 0 Å². The number of hydrogen-bond donors (Lipinski definition) is 0. The summed E-state index contributed by atoms with van der Waals surface area (Å²) in [6.07, 6.45) is 3.04. The molecule has 0 spiro atoms. The topological polar surface area (TPSA) is 16.1 Å². The van der Waals surface area contributed by atoms with Crippen LogP contribution in [0.25, 0.3) is 0 Å². The van der Waals surface area contributed by atoms with Crippen LogP contribution in [0.3, 0.4) is 0 Å². The molecule has 2 nitrogen and oxygen atoms in total. The Labute approximate surface area is 66.9 Å². The van der Waals surface area contributed by atoms with Crippen LogP contribution in [0.2, 0.25) is 0 Å². The molecule has 1 aliphatic heterocycles. The lowest BCUT2D eigenvalue weighted by Gasteiger charge is -2.11. The van der Waals surface area contributed by atoms with Gasteiger partial charge in [0.1, 0.15) is 0 Å². The standard InChI is InChI=1S/C9H12N2/c1-7-8-4-6-11(2)9(8)3-5-10-7/h3,5H,4,6H2,1-2H3. The Kier molecular flexibility index (Phi) is 1.34. The van der Waals surface area contributed by atoms with Crippen molar-refractivity contribution in [2.75, 3.05) is 18.5 Å². The minimum atomic E-state index is 1.14. The summed E-state index contributed by atoms with van der Waals surface area (Å²) in [5.74, 6) is 0. The zero-order valence-corrected chi connectivity index (χ0v) is 6.96. The van der Waals surface area contributed by atoms with Crippen LogP contribution >= 0.6 is 0 Å². The van der Waals surface area contributed by atoms with Gasteiger partial charge in [-0.15, -0.1) is 0 Å². The molecule has 0 fully saturated rings. The molecule has 2 heteroatoms. The molecule has 0 atom stereocenters. The number of pyridine rings is 1. The van der Waals surface area contributed by atoms with Crippen molar-refractivity contribution in [3.63, 3.8) is 0 Å². The van der Waals surface area contributed by atoms with Crippen LogP contribution in [0.1, 0.15) is 11.3 Å². The molecule has 0 radical (unpaired) electrons. The van der Waals surface area contributed by atoms with Crippen molar-refractivity contribution in [1.29, 1.82) is 0 Å². The van der Waals surface area contributed by atoms with Crippen LogP contribution in [0.15, 0.2) is 12.3 Å². The second kappa shape index (κ2) is 2.22. The summed E-state index contributed by atoms with van der Waals surface area (Å²) in [6, 6.07) is 2.09. The number of hydrogen-bond acceptors (Lipinski definition) is 2. The van der Waals surface area contributed by atoms with Crippen LogP contribution < -0.4 is 4.90 Å².